The number of nitrogens with zero attached hydrogens (tertiary/aromatic N) is 1. The van der Waals surface area contributed by atoms with Crippen molar-refractivity contribution in [3.63, 3.8) is 0 Å². The maximum atomic E-state index is 13.4. The molecule has 1 aromatic carbocycles. The van der Waals surface area contributed by atoms with E-state index in [0.29, 0.717) is 9.92 Å². The van der Waals surface area contributed by atoms with E-state index in [2.05, 4.69) is 0 Å². The molecule has 82 valence electrons. The van der Waals surface area contributed by atoms with E-state index in [4.69, 9.17) is 11.6 Å². The van der Waals surface area contributed by atoms with Gasteiger partial charge < -0.3 is 4.90 Å². The number of hydrogen-bond acceptors (Lipinski definition) is 2. The van der Waals surface area contributed by atoms with Gasteiger partial charge in [-0.2, -0.15) is 0 Å². The van der Waals surface area contributed by atoms with Gasteiger partial charge in [0.2, 0.25) is 5.50 Å². The van der Waals surface area contributed by atoms with Crippen LogP contribution in [0.1, 0.15) is 0 Å². The number of thioether (sulfide) groups is 1. The summed E-state index contributed by atoms with van der Waals surface area (Å²) >= 11 is 6.56. The Kier molecular flexibility index (Phi) is 4.42. The summed E-state index contributed by atoms with van der Waals surface area (Å²) in [7, 11) is 3.05. The standard InChI is InChI=1S/C10H11ClFNOS/c1-13(2)10(14)9(12)15-8-5-3-7(11)4-6-8/h3-6,9H,1-2H3. The molecule has 0 aromatic heterocycles. The Labute approximate surface area is 97.4 Å². The van der Waals surface area contributed by atoms with Crippen molar-refractivity contribution in [2.45, 2.75) is 10.4 Å². The lowest BCUT2D eigenvalue weighted by atomic mass is 10.4. The number of halogens is 2. The normalized spacial score (nSPS) is 12.3. The van der Waals surface area contributed by atoms with Gasteiger partial charge in [-0.3, -0.25) is 4.79 Å². The third-order valence-electron chi connectivity index (χ3n) is 1.69. The molecular weight excluding hydrogens is 237 g/mol. The fraction of sp³-hybridized carbons (Fsp3) is 0.300. The van der Waals surface area contributed by atoms with Crippen LogP contribution in [0.2, 0.25) is 5.02 Å². The van der Waals surface area contributed by atoms with Crippen LogP contribution < -0.4 is 0 Å². The molecule has 0 N–H and O–H groups in total. The Morgan fingerprint density at radius 2 is 1.93 bits per heavy atom. The molecule has 0 aliphatic carbocycles. The van der Waals surface area contributed by atoms with Crippen LogP contribution in [0.3, 0.4) is 0 Å². The van der Waals surface area contributed by atoms with Crippen LogP contribution in [0.25, 0.3) is 0 Å². The molecule has 1 unspecified atom stereocenters. The zero-order valence-corrected chi connectivity index (χ0v) is 9.98. The third kappa shape index (κ3) is 3.72. The summed E-state index contributed by atoms with van der Waals surface area (Å²) in [4.78, 5) is 13.1. The molecule has 0 spiro atoms. The molecule has 1 amide bonds. The average molecular weight is 248 g/mol. The molecule has 1 rings (SSSR count). The smallest absolute Gasteiger partial charge is 0.267 e. The molecule has 1 aromatic rings. The SMILES string of the molecule is CN(C)C(=O)C(F)Sc1ccc(Cl)cc1. The van der Waals surface area contributed by atoms with Gasteiger partial charge in [-0.05, 0) is 24.3 Å². The Morgan fingerprint density at radius 1 is 1.40 bits per heavy atom. The minimum atomic E-state index is -1.57. The second kappa shape index (κ2) is 5.37. The average Bonchev–Trinajstić information content (AvgIpc) is 2.20. The predicted molar refractivity (Wildman–Crippen MR) is 60.9 cm³/mol. The van der Waals surface area contributed by atoms with E-state index >= 15 is 0 Å². The van der Waals surface area contributed by atoms with E-state index in [-0.39, 0.29) is 0 Å². The maximum absolute atomic E-state index is 13.4. The first-order valence-corrected chi connectivity index (χ1v) is 5.54. The Hall–Kier alpha value is -0.740. The van der Waals surface area contributed by atoms with Gasteiger partial charge in [0.15, 0.2) is 0 Å². The van der Waals surface area contributed by atoms with Crippen LogP contribution in [0, 0.1) is 0 Å². The van der Waals surface area contributed by atoms with Crippen molar-refractivity contribution in [3.8, 4) is 0 Å². The molecule has 5 heteroatoms. The minimum Gasteiger partial charge on any atom is -0.346 e. The zero-order chi connectivity index (χ0) is 11.4. The highest BCUT2D eigenvalue weighted by Crippen LogP contribution is 2.26. The molecule has 1 atom stereocenters. The molecule has 0 saturated carbocycles. The van der Waals surface area contributed by atoms with Gasteiger partial charge in [0.25, 0.3) is 5.91 Å². The van der Waals surface area contributed by atoms with Crippen LogP contribution in [0.4, 0.5) is 4.39 Å². The first-order valence-electron chi connectivity index (χ1n) is 4.28. The Balaban J connectivity index is 2.62. The minimum absolute atomic E-state index is 0.546. The molecule has 0 heterocycles. The number of hydrogen-bond donors (Lipinski definition) is 0. The Bertz CT molecular complexity index is 342. The topological polar surface area (TPSA) is 20.3 Å². The van der Waals surface area contributed by atoms with Crippen LogP contribution in [-0.2, 0) is 4.79 Å². The summed E-state index contributed by atoms with van der Waals surface area (Å²) in [5, 5.41) is 0.591. The molecule has 2 nitrogen and oxygen atoms in total. The van der Waals surface area contributed by atoms with Crippen molar-refractivity contribution in [2.24, 2.45) is 0 Å². The molecule has 0 aliphatic rings. The van der Waals surface area contributed by atoms with E-state index < -0.39 is 11.4 Å². The molecule has 0 radical (unpaired) electrons. The molecular formula is C10H11ClFNOS. The largest absolute Gasteiger partial charge is 0.346 e. The third-order valence-corrected chi connectivity index (χ3v) is 2.89. The second-order valence-electron chi connectivity index (χ2n) is 3.12. The predicted octanol–water partition coefficient (Wildman–Crippen LogP) is 2.82. The maximum Gasteiger partial charge on any atom is 0.267 e. The van der Waals surface area contributed by atoms with Crippen molar-refractivity contribution in [1.82, 2.24) is 4.90 Å². The van der Waals surface area contributed by atoms with E-state index in [0.717, 1.165) is 11.8 Å². The van der Waals surface area contributed by atoms with Gasteiger partial charge in [0, 0.05) is 24.0 Å². The lowest BCUT2D eigenvalue weighted by molar-refractivity contribution is -0.130. The number of carbonyl (C=O) groups is 1. The first kappa shape index (κ1) is 12.3. The highest BCUT2D eigenvalue weighted by atomic mass is 35.5. The highest BCUT2D eigenvalue weighted by molar-refractivity contribution is 8.00. The summed E-state index contributed by atoms with van der Waals surface area (Å²) < 4.78 is 13.4. The monoisotopic (exact) mass is 247 g/mol. The van der Waals surface area contributed by atoms with Crippen LogP contribution >= 0.6 is 23.4 Å². The van der Waals surface area contributed by atoms with Gasteiger partial charge in [-0.15, -0.1) is 0 Å². The second-order valence-corrected chi connectivity index (χ2v) is 4.68. The van der Waals surface area contributed by atoms with Crippen LogP contribution in [0.5, 0.6) is 0 Å². The number of alkyl halides is 1. The van der Waals surface area contributed by atoms with Gasteiger partial charge in [0.1, 0.15) is 0 Å². The Morgan fingerprint density at radius 3 is 2.40 bits per heavy atom. The molecule has 15 heavy (non-hydrogen) atoms. The summed E-state index contributed by atoms with van der Waals surface area (Å²) in [5.74, 6) is -0.546. The van der Waals surface area contributed by atoms with Gasteiger partial charge in [-0.25, -0.2) is 4.39 Å². The van der Waals surface area contributed by atoms with Gasteiger partial charge >= 0.3 is 0 Å². The summed E-state index contributed by atoms with van der Waals surface area (Å²) in [5.41, 5.74) is -1.57. The number of amides is 1. The fourth-order valence-corrected chi connectivity index (χ4v) is 1.86. The van der Waals surface area contributed by atoms with Crippen LogP contribution in [0.15, 0.2) is 29.2 Å². The van der Waals surface area contributed by atoms with E-state index in [9.17, 15) is 9.18 Å². The van der Waals surface area contributed by atoms with Crippen molar-refractivity contribution >= 4 is 29.3 Å². The van der Waals surface area contributed by atoms with Crippen molar-refractivity contribution in [2.75, 3.05) is 14.1 Å². The number of benzene rings is 1. The van der Waals surface area contributed by atoms with Crippen LogP contribution in [-0.4, -0.2) is 30.4 Å². The zero-order valence-electron chi connectivity index (χ0n) is 8.41. The summed E-state index contributed by atoms with van der Waals surface area (Å²) in [6.45, 7) is 0. The number of rotatable bonds is 3. The van der Waals surface area contributed by atoms with Crippen molar-refractivity contribution in [3.05, 3.63) is 29.3 Å². The van der Waals surface area contributed by atoms with Gasteiger partial charge in [0.05, 0.1) is 0 Å². The van der Waals surface area contributed by atoms with E-state index in [1.165, 1.54) is 19.0 Å². The molecule has 0 aliphatic heterocycles. The fourth-order valence-electron chi connectivity index (χ4n) is 0.886. The first-order chi connectivity index (χ1) is 7.00. The van der Waals surface area contributed by atoms with E-state index in [1.54, 1.807) is 24.3 Å². The lowest BCUT2D eigenvalue weighted by Gasteiger charge is -2.13. The van der Waals surface area contributed by atoms with Crippen molar-refractivity contribution in [1.29, 1.82) is 0 Å². The van der Waals surface area contributed by atoms with Crippen molar-refractivity contribution < 1.29 is 9.18 Å². The summed E-state index contributed by atoms with van der Waals surface area (Å²) in [6, 6.07) is 6.69. The van der Waals surface area contributed by atoms with E-state index in [1.807, 2.05) is 0 Å². The molecule has 0 bridgehead atoms. The van der Waals surface area contributed by atoms with Gasteiger partial charge in [-0.1, -0.05) is 23.4 Å². The lowest BCUT2D eigenvalue weighted by Crippen LogP contribution is -2.28. The molecule has 0 saturated heterocycles. The molecule has 0 fully saturated rings. The highest BCUT2D eigenvalue weighted by Gasteiger charge is 2.20. The summed E-state index contributed by atoms with van der Waals surface area (Å²) in [6.07, 6.45) is 0. The number of carbonyl (C=O) groups excluding carboxylic acids is 1. The quantitative estimate of drug-likeness (QED) is 0.766.